The molecule has 2 unspecified atom stereocenters. The zero-order valence-corrected chi connectivity index (χ0v) is 28.2. The number of para-hydroxylation sites is 3. The van der Waals surface area contributed by atoms with Gasteiger partial charge in [0, 0.05) is 43.7 Å². The minimum atomic E-state index is -0.221. The van der Waals surface area contributed by atoms with E-state index >= 15 is 0 Å². The highest BCUT2D eigenvalue weighted by atomic mass is 15.3. The molecule has 2 N–H and O–H groups in total. The Morgan fingerprint density at radius 1 is 0.442 bits per heavy atom. The van der Waals surface area contributed by atoms with Crippen LogP contribution in [0.25, 0.3) is 82.3 Å². The second kappa shape index (κ2) is 10.5. The van der Waals surface area contributed by atoms with Crippen molar-refractivity contribution in [3.05, 3.63) is 181 Å². The molecule has 0 amide bonds. The maximum absolute atomic E-state index is 4.09. The van der Waals surface area contributed by atoms with Gasteiger partial charge >= 0.3 is 0 Å². The second-order valence-corrected chi connectivity index (χ2v) is 14.2. The fourth-order valence-corrected chi connectivity index (χ4v) is 9.33. The Bertz CT molecular complexity index is 3090. The van der Waals surface area contributed by atoms with Gasteiger partial charge in [0.25, 0.3) is 0 Å². The lowest BCUT2D eigenvalue weighted by Crippen LogP contribution is -2.40. The molecule has 10 aromatic rings. The van der Waals surface area contributed by atoms with Gasteiger partial charge in [-0.1, -0.05) is 146 Å². The highest BCUT2D eigenvalue weighted by molar-refractivity contribution is 6.21. The summed E-state index contributed by atoms with van der Waals surface area (Å²) in [6.07, 6.45) is -0.221. The van der Waals surface area contributed by atoms with Crippen molar-refractivity contribution in [2.45, 2.75) is 12.3 Å². The average molecular weight is 665 g/mol. The first-order valence-electron chi connectivity index (χ1n) is 18.1. The molecular formula is C48H32N4. The summed E-state index contributed by atoms with van der Waals surface area (Å²) in [7, 11) is 0. The van der Waals surface area contributed by atoms with Crippen LogP contribution in [0.2, 0.25) is 0 Å². The highest BCUT2D eigenvalue weighted by Gasteiger charge is 2.32. The predicted molar refractivity (Wildman–Crippen MR) is 216 cm³/mol. The Labute approximate surface area is 300 Å². The summed E-state index contributed by atoms with van der Waals surface area (Å²) in [5.74, 6) is 0. The van der Waals surface area contributed by atoms with E-state index in [0.717, 1.165) is 5.69 Å². The molecule has 0 radical (unpaired) electrons. The van der Waals surface area contributed by atoms with Crippen molar-refractivity contribution in [3.63, 3.8) is 0 Å². The molecule has 0 bridgehead atoms. The summed E-state index contributed by atoms with van der Waals surface area (Å²) in [4.78, 5) is 0. The van der Waals surface area contributed by atoms with Crippen molar-refractivity contribution in [3.8, 4) is 27.9 Å². The molecule has 4 heteroatoms. The maximum atomic E-state index is 4.09. The van der Waals surface area contributed by atoms with Crippen LogP contribution in [0, 0.1) is 0 Å². The number of rotatable bonds is 2. The summed E-state index contributed by atoms with van der Waals surface area (Å²) in [5.41, 5.74) is 14.8. The number of hydrogen-bond donors (Lipinski definition) is 2. The first kappa shape index (κ1) is 28.1. The van der Waals surface area contributed by atoms with Crippen LogP contribution in [0.3, 0.4) is 0 Å². The van der Waals surface area contributed by atoms with Crippen LogP contribution in [-0.2, 0) is 0 Å². The van der Waals surface area contributed by atoms with Crippen molar-refractivity contribution < 1.29 is 0 Å². The number of aromatic nitrogens is 2. The molecule has 0 saturated carbocycles. The summed E-state index contributed by atoms with van der Waals surface area (Å²) >= 11 is 0. The van der Waals surface area contributed by atoms with E-state index in [9.17, 15) is 0 Å². The standard InChI is InChI=1S/C48H32N4/c1-2-14-30(15-3-1)45-38-20-8-10-23-41(38)49-48(50-45)52-44-27-39-33-18-7-6-17-32(33)35-21-12-22-36-34-19-9-11-24-42(34)51(47(35)36)43(39)28-40(44)37-26-25-29-13-4-5-16-31(29)46(37)52/h1-28,45,48-50H. The van der Waals surface area contributed by atoms with Crippen LogP contribution < -0.4 is 10.6 Å². The second-order valence-electron chi connectivity index (χ2n) is 14.2. The fourth-order valence-electron chi connectivity index (χ4n) is 9.33. The maximum Gasteiger partial charge on any atom is 0.160 e. The Kier molecular flexibility index (Phi) is 5.65. The van der Waals surface area contributed by atoms with E-state index in [1.807, 2.05) is 0 Å². The molecule has 244 valence electrons. The smallest absolute Gasteiger partial charge is 0.160 e. The Hall–Kier alpha value is -6.62. The van der Waals surface area contributed by atoms with Crippen LogP contribution in [0.1, 0.15) is 23.5 Å². The molecule has 2 aliphatic rings. The fraction of sp³-hybridized carbons (Fsp3) is 0.0417. The van der Waals surface area contributed by atoms with Crippen molar-refractivity contribution in [2.24, 2.45) is 0 Å². The molecule has 4 nitrogen and oxygen atoms in total. The van der Waals surface area contributed by atoms with E-state index in [1.165, 1.54) is 93.5 Å². The molecule has 2 atom stereocenters. The van der Waals surface area contributed by atoms with E-state index in [1.54, 1.807) is 0 Å². The lowest BCUT2D eigenvalue weighted by Gasteiger charge is -2.36. The molecule has 2 aromatic heterocycles. The molecule has 0 spiro atoms. The van der Waals surface area contributed by atoms with Gasteiger partial charge in [-0.15, -0.1) is 0 Å². The topological polar surface area (TPSA) is 33.9 Å². The van der Waals surface area contributed by atoms with Gasteiger partial charge in [0.2, 0.25) is 0 Å². The molecular weight excluding hydrogens is 633 g/mol. The van der Waals surface area contributed by atoms with Crippen molar-refractivity contribution in [1.82, 2.24) is 14.5 Å². The minimum absolute atomic E-state index is 0.0155. The molecule has 8 aromatic carbocycles. The number of nitrogens with zero attached hydrogens (tertiary/aromatic N) is 2. The SMILES string of the molecule is c1ccc(C2NC(n3c4cc5c(cc4c4ccc6ccccc6c43)-n3c4ccccc4c4cccc(c43)-c3ccccc3-5)Nc3ccccc32)cc1. The van der Waals surface area contributed by atoms with Gasteiger partial charge in [0.1, 0.15) is 0 Å². The van der Waals surface area contributed by atoms with Gasteiger partial charge in [0.15, 0.2) is 6.29 Å². The van der Waals surface area contributed by atoms with Gasteiger partial charge in [0.05, 0.1) is 33.8 Å². The first-order chi connectivity index (χ1) is 25.8. The average Bonchev–Trinajstić information content (AvgIpc) is 3.69. The largest absolute Gasteiger partial charge is 0.352 e. The highest BCUT2D eigenvalue weighted by Crippen LogP contribution is 2.49. The zero-order chi connectivity index (χ0) is 33.9. The van der Waals surface area contributed by atoms with E-state index in [2.05, 4.69) is 190 Å². The zero-order valence-electron chi connectivity index (χ0n) is 28.2. The summed E-state index contributed by atoms with van der Waals surface area (Å²) in [6.45, 7) is 0. The third-order valence-electron chi connectivity index (χ3n) is 11.5. The first-order valence-corrected chi connectivity index (χ1v) is 18.1. The third kappa shape index (κ3) is 3.74. The number of hydrogen-bond acceptors (Lipinski definition) is 2. The Balaban J connectivity index is 1.22. The van der Waals surface area contributed by atoms with Crippen LogP contribution in [0.5, 0.6) is 0 Å². The number of fused-ring (bicyclic) bond motifs is 14. The number of nitrogens with one attached hydrogen (secondary N) is 2. The predicted octanol–water partition coefficient (Wildman–Crippen LogP) is 12.0. The summed E-state index contributed by atoms with van der Waals surface area (Å²) in [6, 6.07) is 62.5. The molecule has 0 fully saturated rings. The summed E-state index contributed by atoms with van der Waals surface area (Å²) < 4.78 is 5.06. The minimum Gasteiger partial charge on any atom is -0.352 e. The van der Waals surface area contributed by atoms with Gasteiger partial charge in [-0.25, -0.2) is 0 Å². The lowest BCUT2D eigenvalue weighted by molar-refractivity contribution is 0.417. The van der Waals surface area contributed by atoms with Crippen LogP contribution in [-0.4, -0.2) is 9.13 Å². The normalized spacial score (nSPS) is 16.2. The van der Waals surface area contributed by atoms with Gasteiger partial charge in [-0.2, -0.15) is 0 Å². The van der Waals surface area contributed by atoms with Crippen LogP contribution >= 0.6 is 0 Å². The molecule has 12 rings (SSSR count). The summed E-state index contributed by atoms with van der Waals surface area (Å²) in [5, 5.41) is 15.6. The van der Waals surface area contributed by atoms with Gasteiger partial charge in [-0.3, -0.25) is 5.32 Å². The van der Waals surface area contributed by atoms with Crippen LogP contribution in [0.4, 0.5) is 5.69 Å². The van der Waals surface area contributed by atoms with Crippen molar-refractivity contribution in [2.75, 3.05) is 5.32 Å². The van der Waals surface area contributed by atoms with Gasteiger partial charge < -0.3 is 14.5 Å². The number of benzene rings is 8. The van der Waals surface area contributed by atoms with Gasteiger partial charge in [-0.05, 0) is 51.9 Å². The molecule has 4 heterocycles. The molecule has 0 aliphatic carbocycles. The molecule has 52 heavy (non-hydrogen) atoms. The molecule has 0 saturated heterocycles. The van der Waals surface area contributed by atoms with E-state index < -0.39 is 0 Å². The monoisotopic (exact) mass is 664 g/mol. The van der Waals surface area contributed by atoms with E-state index in [-0.39, 0.29) is 12.3 Å². The quantitative estimate of drug-likeness (QED) is 0.193. The molecule has 2 aliphatic heterocycles. The van der Waals surface area contributed by atoms with E-state index in [4.69, 9.17) is 0 Å². The Morgan fingerprint density at radius 3 is 2.04 bits per heavy atom. The Morgan fingerprint density at radius 2 is 1.13 bits per heavy atom. The van der Waals surface area contributed by atoms with Crippen LogP contribution in [0.15, 0.2) is 170 Å². The van der Waals surface area contributed by atoms with E-state index in [0.29, 0.717) is 0 Å². The number of anilines is 1. The van der Waals surface area contributed by atoms with Crippen molar-refractivity contribution in [1.29, 1.82) is 0 Å². The van der Waals surface area contributed by atoms with Crippen molar-refractivity contribution >= 4 is 60.1 Å². The third-order valence-corrected chi connectivity index (χ3v) is 11.5. The lowest BCUT2D eigenvalue weighted by atomic mass is 9.93.